The number of fused-ring (bicyclic) bond motifs is 1. The second-order valence-electron chi connectivity index (χ2n) is 6.62. The lowest BCUT2D eigenvalue weighted by Gasteiger charge is -2.04. The molecule has 0 radical (unpaired) electrons. The van der Waals surface area contributed by atoms with Gasteiger partial charge in [-0.05, 0) is 55.5 Å². The van der Waals surface area contributed by atoms with Crippen LogP contribution in [-0.4, -0.2) is 30.8 Å². The van der Waals surface area contributed by atoms with Crippen LogP contribution in [0, 0.1) is 12.7 Å². The van der Waals surface area contributed by atoms with Gasteiger partial charge in [-0.2, -0.15) is 5.10 Å². The van der Waals surface area contributed by atoms with Crippen LogP contribution >= 0.6 is 23.2 Å². The Labute approximate surface area is 184 Å². The Kier molecular flexibility index (Phi) is 5.34. The maximum absolute atomic E-state index is 13.2. The zero-order valence-corrected chi connectivity index (χ0v) is 17.4. The Morgan fingerprint density at radius 3 is 2.61 bits per heavy atom. The first-order chi connectivity index (χ1) is 14.7. The normalized spacial score (nSPS) is 11.8. The van der Waals surface area contributed by atoms with Crippen LogP contribution in [0.25, 0.3) is 27.7 Å². The minimum atomic E-state index is -1.14. The number of H-pyrrole nitrogens is 1. The molecule has 0 bridgehead atoms. The van der Waals surface area contributed by atoms with Gasteiger partial charge in [0.1, 0.15) is 11.0 Å². The van der Waals surface area contributed by atoms with Crippen LogP contribution in [0.5, 0.6) is 0 Å². The molecule has 156 valence electrons. The van der Waals surface area contributed by atoms with E-state index in [1.54, 1.807) is 6.92 Å². The van der Waals surface area contributed by atoms with E-state index in [0.717, 1.165) is 0 Å². The molecule has 10 heteroatoms. The molecule has 0 atom stereocenters. The monoisotopic (exact) mass is 458 g/mol. The van der Waals surface area contributed by atoms with Gasteiger partial charge in [0.2, 0.25) is 0 Å². The predicted octanol–water partition coefficient (Wildman–Crippen LogP) is 4.64. The van der Waals surface area contributed by atoms with Gasteiger partial charge in [0.05, 0.1) is 32.9 Å². The zero-order chi connectivity index (χ0) is 22.3. The van der Waals surface area contributed by atoms with E-state index in [2.05, 4.69) is 15.1 Å². The first kappa shape index (κ1) is 20.8. The average Bonchev–Trinajstić information content (AvgIpc) is 3.02. The van der Waals surface area contributed by atoms with Crippen LogP contribution in [0.3, 0.4) is 0 Å². The Hall–Kier alpha value is -3.49. The quantitative estimate of drug-likeness (QED) is 0.463. The van der Waals surface area contributed by atoms with Gasteiger partial charge in [-0.3, -0.25) is 4.79 Å². The van der Waals surface area contributed by atoms with Crippen molar-refractivity contribution in [3.05, 3.63) is 86.4 Å². The van der Waals surface area contributed by atoms with E-state index in [0.29, 0.717) is 16.9 Å². The van der Waals surface area contributed by atoms with Crippen LogP contribution < -0.4 is 5.56 Å². The van der Waals surface area contributed by atoms with Gasteiger partial charge < -0.3 is 10.1 Å². The molecule has 2 N–H and O–H groups in total. The highest BCUT2D eigenvalue weighted by Crippen LogP contribution is 2.29. The third kappa shape index (κ3) is 3.95. The number of hydrogen-bond acceptors (Lipinski definition) is 4. The maximum Gasteiger partial charge on any atom is 0.335 e. The van der Waals surface area contributed by atoms with E-state index >= 15 is 0 Å². The summed E-state index contributed by atoms with van der Waals surface area (Å²) in [5.74, 6) is -1.47. The van der Waals surface area contributed by atoms with E-state index in [1.165, 1.54) is 53.2 Å². The van der Waals surface area contributed by atoms with Gasteiger partial charge >= 0.3 is 5.97 Å². The molecule has 4 rings (SSSR count). The summed E-state index contributed by atoms with van der Waals surface area (Å²) in [5, 5.41) is 14.1. The maximum atomic E-state index is 13.2. The van der Waals surface area contributed by atoms with Gasteiger partial charge in [0.15, 0.2) is 5.82 Å². The van der Waals surface area contributed by atoms with Crippen molar-refractivity contribution in [1.29, 1.82) is 0 Å². The van der Waals surface area contributed by atoms with Crippen LogP contribution in [-0.2, 0) is 0 Å². The molecule has 0 aliphatic carbocycles. The van der Waals surface area contributed by atoms with Crippen molar-refractivity contribution in [3.63, 3.8) is 0 Å². The summed E-state index contributed by atoms with van der Waals surface area (Å²) in [6, 6.07) is 9.66. The highest BCUT2D eigenvalue weighted by atomic mass is 35.5. The van der Waals surface area contributed by atoms with Gasteiger partial charge in [0.25, 0.3) is 5.56 Å². The van der Waals surface area contributed by atoms with Gasteiger partial charge in [-0.25, -0.2) is 18.9 Å². The molecule has 0 amide bonds. The third-order valence-corrected chi connectivity index (χ3v) is 5.22. The summed E-state index contributed by atoms with van der Waals surface area (Å²) < 4.78 is 14.6. The molecule has 2 aromatic heterocycles. The van der Waals surface area contributed by atoms with E-state index in [-0.39, 0.29) is 38.3 Å². The van der Waals surface area contributed by atoms with Crippen molar-refractivity contribution in [2.24, 2.45) is 0 Å². The number of rotatable bonds is 4. The van der Waals surface area contributed by atoms with Crippen molar-refractivity contribution >= 4 is 51.2 Å². The first-order valence-electron chi connectivity index (χ1n) is 8.90. The van der Waals surface area contributed by atoms with Gasteiger partial charge in [0, 0.05) is 5.56 Å². The summed E-state index contributed by atoms with van der Waals surface area (Å²) in [7, 11) is 0. The number of aromatic amines is 1. The Balaban J connectivity index is 1.79. The lowest BCUT2D eigenvalue weighted by atomic mass is 10.1. The van der Waals surface area contributed by atoms with E-state index in [4.69, 9.17) is 28.3 Å². The summed E-state index contributed by atoms with van der Waals surface area (Å²) in [6.45, 7) is 1.72. The molecule has 0 unspecified atom stereocenters. The van der Waals surface area contributed by atoms with Crippen LogP contribution in [0.2, 0.25) is 5.15 Å². The fourth-order valence-electron chi connectivity index (χ4n) is 3.01. The van der Waals surface area contributed by atoms with Crippen molar-refractivity contribution in [2.45, 2.75) is 6.92 Å². The molecule has 31 heavy (non-hydrogen) atoms. The second-order valence-corrected chi connectivity index (χ2v) is 7.39. The Bertz CT molecular complexity index is 1430. The van der Waals surface area contributed by atoms with E-state index in [9.17, 15) is 14.0 Å². The van der Waals surface area contributed by atoms with Crippen LogP contribution in [0.1, 0.15) is 27.4 Å². The molecule has 0 aliphatic rings. The zero-order valence-electron chi connectivity index (χ0n) is 15.9. The number of carboxylic acids is 1. The number of hydrogen-bond donors (Lipinski definition) is 2. The molecule has 0 aliphatic heterocycles. The average molecular weight is 459 g/mol. The Morgan fingerprint density at radius 1 is 1.23 bits per heavy atom. The molecular weight excluding hydrogens is 446 g/mol. The molecule has 7 nitrogen and oxygen atoms in total. The minimum absolute atomic E-state index is 0.00360. The summed E-state index contributed by atoms with van der Waals surface area (Å²) >= 11 is 12.9. The number of carboxylic acid groups (broad SMARTS) is 1. The molecule has 0 saturated carbocycles. The SMILES string of the molecule is Cc1nn(-c2ccc(F)cc2)c(Cl)c1C=C(Cl)c1nc2cc(C(=O)O)ccc2c(=O)[nH]1. The summed E-state index contributed by atoms with van der Waals surface area (Å²) in [4.78, 5) is 30.4. The number of aromatic nitrogens is 4. The standard InChI is InChI=1S/C21H13Cl2FN4O3/c1-10-15(18(23)28(27-10)13-5-3-12(24)4-6-13)9-16(22)19-25-17-8-11(21(30)31)2-7-14(17)20(29)26-19/h2-9H,1H3,(H,30,31)(H,25,26,29). The number of aromatic carboxylic acids is 1. The summed E-state index contributed by atoms with van der Waals surface area (Å²) in [5.41, 5.74) is 1.31. The van der Waals surface area contributed by atoms with Crippen molar-refractivity contribution in [2.75, 3.05) is 0 Å². The molecule has 2 heterocycles. The first-order valence-corrected chi connectivity index (χ1v) is 9.66. The highest BCUT2D eigenvalue weighted by molar-refractivity contribution is 6.51. The number of carbonyl (C=O) groups is 1. The fraction of sp³-hybridized carbons (Fsp3) is 0.0476. The molecule has 0 spiro atoms. The van der Waals surface area contributed by atoms with Crippen molar-refractivity contribution in [3.8, 4) is 5.69 Å². The van der Waals surface area contributed by atoms with Crippen molar-refractivity contribution in [1.82, 2.24) is 19.7 Å². The molecule has 2 aromatic carbocycles. The minimum Gasteiger partial charge on any atom is -0.478 e. The van der Waals surface area contributed by atoms with E-state index in [1.807, 2.05) is 0 Å². The predicted molar refractivity (Wildman–Crippen MR) is 116 cm³/mol. The van der Waals surface area contributed by atoms with Gasteiger partial charge in [-0.1, -0.05) is 23.2 Å². The molecular formula is C21H13Cl2FN4O3. The largest absolute Gasteiger partial charge is 0.478 e. The second kappa shape index (κ2) is 7.98. The van der Waals surface area contributed by atoms with Crippen LogP contribution in [0.4, 0.5) is 4.39 Å². The van der Waals surface area contributed by atoms with Gasteiger partial charge in [-0.15, -0.1) is 0 Å². The molecule has 4 aromatic rings. The molecule has 0 saturated heterocycles. The lowest BCUT2D eigenvalue weighted by Crippen LogP contribution is -2.11. The number of halogens is 3. The van der Waals surface area contributed by atoms with Crippen LogP contribution in [0.15, 0.2) is 47.3 Å². The smallest absolute Gasteiger partial charge is 0.335 e. The fourth-order valence-corrected chi connectivity index (χ4v) is 3.53. The number of nitrogens with one attached hydrogen (secondary N) is 1. The number of nitrogens with zero attached hydrogens (tertiary/aromatic N) is 3. The topological polar surface area (TPSA) is 101 Å². The molecule has 0 fully saturated rings. The third-order valence-electron chi connectivity index (χ3n) is 4.57. The van der Waals surface area contributed by atoms with E-state index < -0.39 is 11.5 Å². The van der Waals surface area contributed by atoms with Crippen molar-refractivity contribution < 1.29 is 14.3 Å². The lowest BCUT2D eigenvalue weighted by molar-refractivity contribution is 0.0697. The highest BCUT2D eigenvalue weighted by Gasteiger charge is 2.16. The summed E-state index contributed by atoms with van der Waals surface area (Å²) in [6.07, 6.45) is 1.50. The Morgan fingerprint density at radius 2 is 1.94 bits per heavy atom. The number of aryl methyl sites for hydroxylation is 1. The number of benzene rings is 2.